The van der Waals surface area contributed by atoms with E-state index in [1.54, 1.807) is 26.2 Å². The molecule has 0 spiro atoms. The average molecular weight is 515 g/mol. The lowest BCUT2D eigenvalue weighted by atomic mass is 10.1. The maximum absolute atomic E-state index is 13.4. The van der Waals surface area contributed by atoms with Gasteiger partial charge < -0.3 is 20.1 Å². The van der Waals surface area contributed by atoms with Gasteiger partial charge in [-0.15, -0.1) is 0 Å². The molecule has 11 heteroatoms. The van der Waals surface area contributed by atoms with Crippen LogP contribution in [0.5, 0.6) is 11.5 Å². The number of pyridine rings is 1. The normalized spacial score (nSPS) is 11.9. The lowest BCUT2D eigenvalue weighted by Crippen LogP contribution is -2.27. The van der Waals surface area contributed by atoms with E-state index in [9.17, 15) is 13.2 Å². The second-order valence-corrected chi connectivity index (χ2v) is 8.43. The third-order valence-corrected chi connectivity index (χ3v) is 6.17. The largest absolute Gasteiger partial charge is 0.493 e. The summed E-state index contributed by atoms with van der Waals surface area (Å²) in [6.45, 7) is 9.14. The van der Waals surface area contributed by atoms with E-state index in [0.29, 0.717) is 40.8 Å². The average Bonchev–Trinajstić information content (AvgIpc) is 3.21. The third kappa shape index (κ3) is 5.46. The van der Waals surface area contributed by atoms with Gasteiger partial charge >= 0.3 is 6.18 Å². The second-order valence-electron chi connectivity index (χ2n) is 8.43. The number of nitrogens with two attached hydrogens (primary N) is 1. The molecule has 0 bridgehead atoms. The molecule has 0 amide bonds. The predicted molar refractivity (Wildman–Crippen MR) is 136 cm³/mol. The number of methoxy groups -OCH3 is 1. The highest BCUT2D eigenvalue weighted by Gasteiger charge is 2.34. The van der Waals surface area contributed by atoms with Crippen molar-refractivity contribution < 1.29 is 22.6 Å². The van der Waals surface area contributed by atoms with Crippen LogP contribution >= 0.6 is 0 Å². The van der Waals surface area contributed by atoms with E-state index in [0.717, 1.165) is 31.3 Å². The van der Waals surface area contributed by atoms with Gasteiger partial charge in [0.25, 0.3) is 0 Å². The van der Waals surface area contributed by atoms with Gasteiger partial charge in [-0.3, -0.25) is 0 Å². The van der Waals surface area contributed by atoms with Crippen LogP contribution in [0.15, 0.2) is 42.6 Å². The number of rotatable bonds is 9. The predicted octanol–water partition coefficient (Wildman–Crippen LogP) is 5.10. The summed E-state index contributed by atoms with van der Waals surface area (Å²) in [5.74, 6) is 0.590. The van der Waals surface area contributed by atoms with Crippen molar-refractivity contribution >= 4 is 11.5 Å². The number of halogens is 3. The number of aromatic nitrogens is 4. The minimum atomic E-state index is -4.63. The fourth-order valence-corrected chi connectivity index (χ4v) is 4.13. The molecule has 8 nitrogen and oxygen atoms in total. The number of imidazole rings is 1. The highest BCUT2D eigenvalue weighted by molar-refractivity contribution is 5.70. The Hall–Kier alpha value is -3.86. The molecular formula is C26H29F3N6O2. The molecule has 196 valence electrons. The lowest BCUT2D eigenvalue weighted by molar-refractivity contribution is -0.137. The van der Waals surface area contributed by atoms with Gasteiger partial charge in [-0.25, -0.2) is 14.5 Å². The number of hydrogen-bond donors (Lipinski definition) is 1. The fourth-order valence-electron chi connectivity index (χ4n) is 4.13. The summed E-state index contributed by atoms with van der Waals surface area (Å²) < 4.78 is 53.3. The zero-order valence-electron chi connectivity index (χ0n) is 21.1. The fraction of sp³-hybridized carbons (Fsp3) is 0.346. The number of alkyl halides is 3. The van der Waals surface area contributed by atoms with Crippen molar-refractivity contribution in [2.24, 2.45) is 0 Å². The van der Waals surface area contributed by atoms with Gasteiger partial charge in [0.15, 0.2) is 17.1 Å². The van der Waals surface area contributed by atoms with Crippen LogP contribution in [-0.2, 0) is 6.18 Å². The van der Waals surface area contributed by atoms with E-state index in [1.807, 2.05) is 18.2 Å². The first-order chi connectivity index (χ1) is 17.7. The molecule has 4 rings (SSSR count). The first-order valence-electron chi connectivity index (χ1n) is 11.9. The van der Waals surface area contributed by atoms with Crippen molar-refractivity contribution in [2.75, 3.05) is 39.1 Å². The highest BCUT2D eigenvalue weighted by atomic mass is 19.4. The minimum Gasteiger partial charge on any atom is -0.493 e. The molecule has 0 unspecified atom stereocenters. The van der Waals surface area contributed by atoms with E-state index < -0.39 is 17.6 Å². The summed E-state index contributed by atoms with van der Waals surface area (Å²) in [7, 11) is 1.57. The van der Waals surface area contributed by atoms with E-state index in [1.165, 1.54) is 10.7 Å². The van der Waals surface area contributed by atoms with Crippen LogP contribution in [0.1, 0.15) is 25.1 Å². The van der Waals surface area contributed by atoms with Crippen molar-refractivity contribution in [3.8, 4) is 34.0 Å². The van der Waals surface area contributed by atoms with E-state index in [2.05, 4.69) is 33.8 Å². The Kier molecular flexibility index (Phi) is 7.53. The van der Waals surface area contributed by atoms with Gasteiger partial charge in [0, 0.05) is 23.9 Å². The third-order valence-electron chi connectivity index (χ3n) is 6.17. The molecule has 0 aliphatic carbocycles. The molecule has 2 N–H and O–H groups in total. The van der Waals surface area contributed by atoms with Gasteiger partial charge in [-0.1, -0.05) is 13.8 Å². The number of aryl methyl sites for hydroxylation is 1. The van der Waals surface area contributed by atoms with Crippen LogP contribution in [0.2, 0.25) is 0 Å². The first kappa shape index (κ1) is 26.2. The summed E-state index contributed by atoms with van der Waals surface area (Å²) in [5.41, 5.74) is 7.43. The molecular weight excluding hydrogens is 485 g/mol. The summed E-state index contributed by atoms with van der Waals surface area (Å²) >= 11 is 0. The lowest BCUT2D eigenvalue weighted by Gasteiger charge is -2.19. The Balaban J connectivity index is 1.69. The van der Waals surface area contributed by atoms with E-state index in [-0.39, 0.29) is 5.56 Å². The van der Waals surface area contributed by atoms with Gasteiger partial charge in [-0.2, -0.15) is 18.3 Å². The maximum atomic E-state index is 13.4. The minimum absolute atomic E-state index is 0.214. The molecule has 3 heterocycles. The molecule has 3 aromatic heterocycles. The summed E-state index contributed by atoms with van der Waals surface area (Å²) in [4.78, 5) is 10.5. The van der Waals surface area contributed by atoms with E-state index >= 15 is 0 Å². The van der Waals surface area contributed by atoms with Crippen molar-refractivity contribution in [1.82, 2.24) is 24.5 Å². The molecule has 0 aliphatic heterocycles. The highest BCUT2D eigenvalue weighted by Crippen LogP contribution is 2.36. The summed E-state index contributed by atoms with van der Waals surface area (Å²) in [6.07, 6.45) is -3.34. The van der Waals surface area contributed by atoms with Crippen molar-refractivity contribution in [3.05, 3.63) is 53.9 Å². The molecule has 0 fully saturated rings. The molecule has 37 heavy (non-hydrogen) atoms. The molecule has 0 saturated carbocycles. The van der Waals surface area contributed by atoms with Crippen molar-refractivity contribution in [3.63, 3.8) is 0 Å². The van der Waals surface area contributed by atoms with Crippen LogP contribution < -0.4 is 15.2 Å². The zero-order chi connectivity index (χ0) is 26.7. The second kappa shape index (κ2) is 10.6. The molecule has 4 aromatic rings. The number of anilines is 1. The first-order valence-corrected chi connectivity index (χ1v) is 11.9. The monoisotopic (exact) mass is 514 g/mol. The number of benzene rings is 1. The molecule has 0 aliphatic rings. The van der Waals surface area contributed by atoms with Crippen molar-refractivity contribution in [2.45, 2.75) is 26.9 Å². The molecule has 0 atom stereocenters. The van der Waals surface area contributed by atoms with Gasteiger partial charge in [0.05, 0.1) is 29.8 Å². The quantitative estimate of drug-likeness (QED) is 0.332. The topological polar surface area (TPSA) is 90.8 Å². The van der Waals surface area contributed by atoms with Crippen molar-refractivity contribution in [1.29, 1.82) is 0 Å². The summed E-state index contributed by atoms with van der Waals surface area (Å²) in [5, 5.41) is 4.68. The van der Waals surface area contributed by atoms with Crippen LogP contribution in [-0.4, -0.2) is 57.8 Å². The van der Waals surface area contributed by atoms with Crippen LogP contribution in [0, 0.1) is 6.92 Å². The molecule has 1 aromatic carbocycles. The zero-order valence-corrected chi connectivity index (χ0v) is 21.1. The molecule has 0 saturated heterocycles. The number of fused-ring (bicyclic) bond motifs is 1. The standard InChI is InChI=1S/C26H29F3N6O2/c1-5-34(6-2)11-12-37-21-9-7-17(14-22(21)36-4)20-8-10-23-32-16(3)24(35(23)33-20)18-13-19(26(27,28)29)25(30)31-15-18/h7-10,13-15H,5-6,11-12H2,1-4H3,(H2,30,31). The Morgan fingerprint density at radius 1 is 1.03 bits per heavy atom. The number of hydrogen-bond acceptors (Lipinski definition) is 7. The smallest absolute Gasteiger partial charge is 0.419 e. The summed E-state index contributed by atoms with van der Waals surface area (Å²) in [6, 6.07) is 10.0. The number of nitrogen functional groups attached to an aromatic ring is 1. The Morgan fingerprint density at radius 3 is 2.46 bits per heavy atom. The number of likely N-dealkylation sites (N-methyl/N-ethyl adjacent to an activating group) is 1. The number of ether oxygens (including phenoxy) is 2. The van der Waals surface area contributed by atoms with Crippen LogP contribution in [0.4, 0.5) is 19.0 Å². The molecule has 0 radical (unpaired) electrons. The van der Waals surface area contributed by atoms with Gasteiger partial charge in [0.2, 0.25) is 0 Å². The van der Waals surface area contributed by atoms with E-state index in [4.69, 9.17) is 15.2 Å². The Bertz CT molecular complexity index is 1400. The number of nitrogens with zero attached hydrogens (tertiary/aromatic N) is 5. The van der Waals surface area contributed by atoms with Crippen LogP contribution in [0.25, 0.3) is 28.2 Å². The Labute approximate surface area is 212 Å². The van der Waals surface area contributed by atoms with Crippen LogP contribution in [0.3, 0.4) is 0 Å². The SMILES string of the molecule is CCN(CC)CCOc1ccc(-c2ccc3nc(C)c(-c4cnc(N)c(C(F)(F)F)c4)n3n2)cc1OC. The maximum Gasteiger partial charge on any atom is 0.419 e. The van der Waals surface area contributed by atoms with Gasteiger partial charge in [0.1, 0.15) is 12.4 Å². The Morgan fingerprint density at radius 2 is 1.78 bits per heavy atom. The van der Waals surface area contributed by atoms with Gasteiger partial charge in [-0.05, 0) is 56.4 Å².